The summed E-state index contributed by atoms with van der Waals surface area (Å²) < 4.78 is 10.6. The van der Waals surface area contributed by atoms with E-state index >= 15 is 0 Å². The van der Waals surface area contributed by atoms with Gasteiger partial charge in [0.2, 0.25) is 0 Å². The highest BCUT2D eigenvalue weighted by atomic mass is 35.5. The lowest BCUT2D eigenvalue weighted by Crippen LogP contribution is -2.30. The number of hydrogen-bond acceptors (Lipinski definition) is 5. The average Bonchev–Trinajstić information content (AvgIpc) is 2.84. The van der Waals surface area contributed by atoms with Crippen LogP contribution in [0.2, 0.25) is 5.15 Å². The summed E-state index contributed by atoms with van der Waals surface area (Å²) in [5, 5.41) is 0.147. The van der Waals surface area contributed by atoms with Gasteiger partial charge in [-0.3, -0.25) is 4.79 Å². The van der Waals surface area contributed by atoms with E-state index in [1.54, 1.807) is 19.1 Å². The van der Waals surface area contributed by atoms with Gasteiger partial charge in [-0.15, -0.1) is 0 Å². The van der Waals surface area contributed by atoms with Crippen molar-refractivity contribution in [3.8, 4) is 0 Å². The summed E-state index contributed by atoms with van der Waals surface area (Å²) in [6.45, 7) is 0.915. The minimum atomic E-state index is -0.216. The number of carbonyl (C=O) groups excluding carboxylic acids is 1. The first kappa shape index (κ1) is 14.0. The first-order valence-electron chi connectivity index (χ1n) is 5.82. The number of hydrogen-bond donors (Lipinski definition) is 1. The smallest absolute Gasteiger partial charge is 0.257 e. The average molecular weight is 286 g/mol. The molecular formula is C12H16ClN3O3. The van der Waals surface area contributed by atoms with Crippen LogP contribution >= 0.6 is 11.6 Å². The summed E-state index contributed by atoms with van der Waals surface area (Å²) in [5.74, 6) is -0.216. The highest BCUT2D eigenvalue weighted by molar-refractivity contribution is 6.32. The molecule has 1 aliphatic rings. The second-order valence-corrected chi connectivity index (χ2v) is 4.72. The van der Waals surface area contributed by atoms with Crippen molar-refractivity contribution in [1.82, 2.24) is 9.88 Å². The van der Waals surface area contributed by atoms with E-state index in [1.165, 1.54) is 12.3 Å². The Morgan fingerprint density at radius 3 is 2.53 bits per heavy atom. The second-order valence-electron chi connectivity index (χ2n) is 4.37. The Balaban J connectivity index is 2.19. The first-order chi connectivity index (χ1) is 9.06. The largest absolute Gasteiger partial charge is 0.397 e. The number of aromatic nitrogens is 1. The van der Waals surface area contributed by atoms with Crippen LogP contribution in [-0.2, 0) is 9.47 Å². The Labute approximate surface area is 116 Å². The van der Waals surface area contributed by atoms with Gasteiger partial charge >= 0.3 is 0 Å². The van der Waals surface area contributed by atoms with Crippen LogP contribution < -0.4 is 5.73 Å². The van der Waals surface area contributed by atoms with Crippen LogP contribution in [0, 0.1) is 0 Å². The van der Waals surface area contributed by atoms with E-state index in [9.17, 15) is 4.79 Å². The van der Waals surface area contributed by atoms with Gasteiger partial charge in [0, 0.05) is 27.3 Å². The van der Waals surface area contributed by atoms with Gasteiger partial charge < -0.3 is 20.1 Å². The minimum Gasteiger partial charge on any atom is -0.397 e. The lowest BCUT2D eigenvalue weighted by Gasteiger charge is -2.16. The van der Waals surface area contributed by atoms with Crippen LogP contribution in [-0.4, -0.2) is 55.3 Å². The number of nitrogen functional groups attached to an aromatic ring is 1. The molecular weight excluding hydrogens is 270 g/mol. The van der Waals surface area contributed by atoms with Crippen LogP contribution in [0.5, 0.6) is 0 Å². The third kappa shape index (κ3) is 2.80. The Hall–Kier alpha value is -1.37. The van der Waals surface area contributed by atoms with Gasteiger partial charge in [0.05, 0.1) is 17.4 Å². The maximum Gasteiger partial charge on any atom is 0.257 e. The Morgan fingerprint density at radius 1 is 1.42 bits per heavy atom. The molecule has 1 aromatic rings. The predicted molar refractivity (Wildman–Crippen MR) is 71.2 cm³/mol. The second kappa shape index (κ2) is 5.73. The molecule has 1 aromatic heterocycles. The number of carbonyl (C=O) groups is 1. The molecule has 2 N–H and O–H groups in total. The SMILES string of the molecule is COC1CN(C(=O)c2cc(N)cnc2Cl)CC1OC. The van der Waals surface area contributed by atoms with Crippen molar-refractivity contribution >= 4 is 23.2 Å². The van der Waals surface area contributed by atoms with E-state index < -0.39 is 0 Å². The van der Waals surface area contributed by atoms with Gasteiger partial charge in [0.1, 0.15) is 17.4 Å². The number of ether oxygens (including phenoxy) is 2. The Kier molecular flexibility index (Phi) is 4.24. The van der Waals surface area contributed by atoms with Crippen molar-refractivity contribution in [2.24, 2.45) is 0 Å². The summed E-state index contributed by atoms with van der Waals surface area (Å²) in [7, 11) is 3.19. The molecule has 1 aliphatic heterocycles. The molecule has 0 aliphatic carbocycles. The summed E-state index contributed by atoms with van der Waals surface area (Å²) in [5.41, 5.74) is 6.33. The van der Waals surface area contributed by atoms with Gasteiger partial charge in [0.15, 0.2) is 0 Å². The van der Waals surface area contributed by atoms with Gasteiger partial charge in [-0.05, 0) is 6.07 Å². The Morgan fingerprint density at radius 2 is 2.00 bits per heavy atom. The molecule has 6 nitrogen and oxygen atoms in total. The number of anilines is 1. The predicted octanol–water partition coefficient (Wildman–Crippen LogP) is 0.803. The van der Waals surface area contributed by atoms with Crippen molar-refractivity contribution in [1.29, 1.82) is 0 Å². The van der Waals surface area contributed by atoms with E-state index in [0.29, 0.717) is 24.3 Å². The number of methoxy groups -OCH3 is 2. The Bertz CT molecular complexity index is 471. The van der Waals surface area contributed by atoms with Gasteiger partial charge in [-0.25, -0.2) is 4.98 Å². The number of likely N-dealkylation sites (tertiary alicyclic amines) is 1. The number of nitrogens with zero attached hydrogens (tertiary/aromatic N) is 2. The molecule has 0 aromatic carbocycles. The number of halogens is 1. The van der Waals surface area contributed by atoms with Crippen molar-refractivity contribution in [2.75, 3.05) is 33.0 Å². The van der Waals surface area contributed by atoms with Gasteiger partial charge in [-0.2, -0.15) is 0 Å². The zero-order valence-electron chi connectivity index (χ0n) is 10.8. The highest BCUT2D eigenvalue weighted by Gasteiger charge is 2.36. The lowest BCUT2D eigenvalue weighted by atomic mass is 10.2. The fraction of sp³-hybridized carbons (Fsp3) is 0.500. The fourth-order valence-corrected chi connectivity index (χ4v) is 2.33. The minimum absolute atomic E-state index is 0.137. The molecule has 0 radical (unpaired) electrons. The van der Waals surface area contributed by atoms with E-state index in [1.807, 2.05) is 0 Å². The van der Waals surface area contributed by atoms with Crippen molar-refractivity contribution in [3.05, 3.63) is 23.0 Å². The summed E-state index contributed by atoms with van der Waals surface area (Å²) >= 11 is 5.93. The zero-order valence-corrected chi connectivity index (χ0v) is 11.6. The topological polar surface area (TPSA) is 77.7 Å². The van der Waals surface area contributed by atoms with Crippen LogP contribution in [0.15, 0.2) is 12.3 Å². The monoisotopic (exact) mass is 285 g/mol. The number of nitrogens with two attached hydrogens (primary N) is 1. The van der Waals surface area contributed by atoms with Crippen molar-refractivity contribution < 1.29 is 14.3 Å². The van der Waals surface area contributed by atoms with E-state index in [-0.39, 0.29) is 23.3 Å². The van der Waals surface area contributed by atoms with Crippen LogP contribution in [0.25, 0.3) is 0 Å². The van der Waals surface area contributed by atoms with E-state index in [2.05, 4.69) is 4.98 Å². The van der Waals surface area contributed by atoms with Crippen molar-refractivity contribution in [2.45, 2.75) is 12.2 Å². The molecule has 0 spiro atoms. The molecule has 1 fully saturated rings. The standard InChI is InChI=1S/C12H16ClN3O3/c1-18-9-5-16(6-10(9)19-2)12(17)8-3-7(14)4-15-11(8)13/h3-4,9-10H,5-6,14H2,1-2H3. The third-order valence-electron chi connectivity index (χ3n) is 3.20. The molecule has 2 atom stereocenters. The third-order valence-corrected chi connectivity index (χ3v) is 3.50. The quantitative estimate of drug-likeness (QED) is 0.831. The molecule has 0 saturated carbocycles. The molecule has 1 saturated heterocycles. The first-order valence-corrected chi connectivity index (χ1v) is 6.20. The van der Waals surface area contributed by atoms with Crippen molar-refractivity contribution in [3.63, 3.8) is 0 Å². The normalized spacial score (nSPS) is 22.8. The van der Waals surface area contributed by atoms with E-state index in [4.69, 9.17) is 26.8 Å². The summed E-state index contributed by atoms with van der Waals surface area (Å²) in [6, 6.07) is 1.53. The summed E-state index contributed by atoms with van der Waals surface area (Å²) in [6.07, 6.45) is 1.14. The summed E-state index contributed by atoms with van der Waals surface area (Å²) in [4.78, 5) is 17.9. The maximum absolute atomic E-state index is 12.4. The highest BCUT2D eigenvalue weighted by Crippen LogP contribution is 2.22. The molecule has 7 heteroatoms. The zero-order chi connectivity index (χ0) is 14.0. The van der Waals surface area contributed by atoms with Gasteiger partial charge in [-0.1, -0.05) is 11.6 Å². The molecule has 0 bridgehead atoms. The van der Waals surface area contributed by atoms with Crippen LogP contribution in [0.3, 0.4) is 0 Å². The molecule has 19 heavy (non-hydrogen) atoms. The molecule has 1 amide bonds. The van der Waals surface area contributed by atoms with Gasteiger partial charge in [0.25, 0.3) is 5.91 Å². The molecule has 2 unspecified atom stereocenters. The van der Waals surface area contributed by atoms with E-state index in [0.717, 1.165) is 0 Å². The lowest BCUT2D eigenvalue weighted by molar-refractivity contribution is -0.00461. The maximum atomic E-state index is 12.4. The number of pyridine rings is 1. The molecule has 2 rings (SSSR count). The molecule has 2 heterocycles. The fourth-order valence-electron chi connectivity index (χ4n) is 2.15. The van der Waals surface area contributed by atoms with Crippen LogP contribution in [0.1, 0.15) is 10.4 Å². The molecule has 104 valence electrons. The number of amides is 1. The van der Waals surface area contributed by atoms with Crippen LogP contribution in [0.4, 0.5) is 5.69 Å². The number of rotatable bonds is 3.